The van der Waals surface area contributed by atoms with E-state index in [9.17, 15) is 13.5 Å². The second-order valence-electron chi connectivity index (χ2n) is 4.17. The van der Waals surface area contributed by atoms with E-state index >= 15 is 0 Å². The SMILES string of the molecule is COc1cccc(NS(=O)(=O)c2c(C)csc2CO)c1. The van der Waals surface area contributed by atoms with Gasteiger partial charge in [0.1, 0.15) is 10.6 Å². The number of ether oxygens (including phenoxy) is 1. The zero-order chi connectivity index (χ0) is 14.8. The standard InChI is InChI=1S/C13H15NO4S2/c1-9-8-19-12(7-15)13(9)20(16,17)14-10-4-3-5-11(6-10)18-2/h3-6,8,14-15H,7H2,1-2H3. The van der Waals surface area contributed by atoms with Gasteiger partial charge in [-0.25, -0.2) is 8.42 Å². The normalized spacial score (nSPS) is 11.3. The van der Waals surface area contributed by atoms with E-state index in [2.05, 4.69) is 4.72 Å². The average molecular weight is 313 g/mol. The second kappa shape index (κ2) is 5.82. The van der Waals surface area contributed by atoms with Crippen LogP contribution in [0.15, 0.2) is 34.5 Å². The highest BCUT2D eigenvalue weighted by Crippen LogP contribution is 2.29. The molecule has 0 fully saturated rings. The lowest BCUT2D eigenvalue weighted by molar-refractivity contribution is 0.282. The van der Waals surface area contributed by atoms with Gasteiger partial charge in [-0.2, -0.15) is 0 Å². The summed E-state index contributed by atoms with van der Waals surface area (Å²) in [6, 6.07) is 6.66. The molecule has 2 N–H and O–H groups in total. The number of anilines is 1. The molecule has 0 aliphatic carbocycles. The molecule has 5 nitrogen and oxygen atoms in total. The molecule has 0 saturated carbocycles. The molecule has 0 amide bonds. The van der Waals surface area contributed by atoms with Gasteiger partial charge in [-0.1, -0.05) is 6.07 Å². The monoisotopic (exact) mass is 313 g/mol. The van der Waals surface area contributed by atoms with Crippen molar-refractivity contribution in [3.8, 4) is 5.75 Å². The van der Waals surface area contributed by atoms with Crippen LogP contribution in [0.25, 0.3) is 0 Å². The van der Waals surface area contributed by atoms with E-state index in [1.165, 1.54) is 18.4 Å². The van der Waals surface area contributed by atoms with E-state index < -0.39 is 10.0 Å². The van der Waals surface area contributed by atoms with Crippen LogP contribution in [0.3, 0.4) is 0 Å². The molecule has 0 saturated heterocycles. The largest absolute Gasteiger partial charge is 0.497 e. The molecule has 0 bridgehead atoms. The van der Waals surface area contributed by atoms with Crippen LogP contribution in [0.1, 0.15) is 10.4 Å². The quantitative estimate of drug-likeness (QED) is 0.888. The fourth-order valence-electron chi connectivity index (χ4n) is 1.85. The van der Waals surface area contributed by atoms with Crippen LogP contribution in [0, 0.1) is 6.92 Å². The minimum atomic E-state index is -3.72. The highest BCUT2D eigenvalue weighted by atomic mass is 32.2. The van der Waals surface area contributed by atoms with Crippen molar-refractivity contribution >= 4 is 27.0 Å². The predicted octanol–water partition coefficient (Wildman–Crippen LogP) is 2.36. The first-order valence-corrected chi connectivity index (χ1v) is 8.19. The number of hydrogen-bond donors (Lipinski definition) is 2. The van der Waals surface area contributed by atoms with E-state index in [0.717, 1.165) is 0 Å². The molecule has 2 aromatic rings. The van der Waals surface area contributed by atoms with Gasteiger partial charge >= 0.3 is 0 Å². The summed E-state index contributed by atoms with van der Waals surface area (Å²) in [6.45, 7) is 1.41. The second-order valence-corrected chi connectivity index (χ2v) is 6.75. The third-order valence-corrected chi connectivity index (χ3v) is 5.55. The van der Waals surface area contributed by atoms with Gasteiger partial charge in [0.2, 0.25) is 0 Å². The molecule has 20 heavy (non-hydrogen) atoms. The summed E-state index contributed by atoms with van der Waals surface area (Å²) < 4.78 is 32.4. The lowest BCUT2D eigenvalue weighted by atomic mass is 10.3. The maximum Gasteiger partial charge on any atom is 0.263 e. The van der Waals surface area contributed by atoms with Crippen molar-refractivity contribution in [2.45, 2.75) is 18.4 Å². The van der Waals surface area contributed by atoms with Crippen molar-refractivity contribution in [2.75, 3.05) is 11.8 Å². The van der Waals surface area contributed by atoms with Gasteiger partial charge in [0.05, 0.1) is 24.3 Å². The number of hydrogen-bond acceptors (Lipinski definition) is 5. The molecule has 7 heteroatoms. The summed E-state index contributed by atoms with van der Waals surface area (Å²) >= 11 is 1.23. The molecular formula is C13H15NO4S2. The highest BCUT2D eigenvalue weighted by molar-refractivity contribution is 7.93. The Labute approximate surface area is 121 Å². The number of nitrogens with one attached hydrogen (secondary N) is 1. The van der Waals surface area contributed by atoms with Gasteiger partial charge in [0, 0.05) is 6.07 Å². The van der Waals surface area contributed by atoms with Crippen LogP contribution in [0.4, 0.5) is 5.69 Å². The number of aliphatic hydroxyl groups excluding tert-OH is 1. The van der Waals surface area contributed by atoms with E-state index in [1.54, 1.807) is 36.6 Å². The molecule has 0 spiro atoms. The summed E-state index contributed by atoms with van der Waals surface area (Å²) in [5.41, 5.74) is 1.04. The van der Waals surface area contributed by atoms with Gasteiger partial charge < -0.3 is 9.84 Å². The third kappa shape index (κ3) is 2.95. The van der Waals surface area contributed by atoms with Crippen molar-refractivity contribution < 1.29 is 18.3 Å². The maximum atomic E-state index is 12.4. The van der Waals surface area contributed by atoms with Gasteiger partial charge in [-0.05, 0) is 30.0 Å². The van der Waals surface area contributed by atoms with E-state index in [-0.39, 0.29) is 11.5 Å². The summed E-state index contributed by atoms with van der Waals surface area (Å²) in [5.74, 6) is 0.564. The number of thiophene rings is 1. The summed E-state index contributed by atoms with van der Waals surface area (Å²) in [7, 11) is -2.21. The van der Waals surface area contributed by atoms with Crippen LogP contribution in [-0.4, -0.2) is 20.6 Å². The molecule has 108 valence electrons. The van der Waals surface area contributed by atoms with Crippen LogP contribution < -0.4 is 9.46 Å². The molecule has 1 heterocycles. The smallest absolute Gasteiger partial charge is 0.263 e. The van der Waals surface area contributed by atoms with Gasteiger partial charge in [0.15, 0.2) is 0 Å². The first-order valence-electron chi connectivity index (χ1n) is 5.82. The average Bonchev–Trinajstić information content (AvgIpc) is 2.80. The zero-order valence-electron chi connectivity index (χ0n) is 11.1. The fourth-order valence-corrected chi connectivity index (χ4v) is 4.56. The third-order valence-electron chi connectivity index (χ3n) is 2.72. The Bertz CT molecular complexity index is 707. The Hall–Kier alpha value is -1.57. The Morgan fingerprint density at radius 1 is 1.40 bits per heavy atom. The Balaban J connectivity index is 2.38. The fraction of sp³-hybridized carbons (Fsp3) is 0.231. The van der Waals surface area contributed by atoms with Gasteiger partial charge in [-0.15, -0.1) is 11.3 Å². The Kier molecular flexibility index (Phi) is 4.32. The zero-order valence-corrected chi connectivity index (χ0v) is 12.7. The Morgan fingerprint density at radius 2 is 2.15 bits per heavy atom. The van der Waals surface area contributed by atoms with Crippen molar-refractivity contribution in [1.82, 2.24) is 0 Å². The number of aliphatic hydroxyl groups is 1. The van der Waals surface area contributed by atoms with Gasteiger partial charge in [0.25, 0.3) is 10.0 Å². The molecule has 0 atom stereocenters. The number of methoxy groups -OCH3 is 1. The molecule has 1 aromatic heterocycles. The van der Waals surface area contributed by atoms with E-state index in [1.807, 2.05) is 0 Å². The van der Waals surface area contributed by atoms with E-state index in [4.69, 9.17) is 4.74 Å². The van der Waals surface area contributed by atoms with Gasteiger partial charge in [-0.3, -0.25) is 4.72 Å². The van der Waals surface area contributed by atoms with Crippen molar-refractivity contribution in [1.29, 1.82) is 0 Å². The van der Waals surface area contributed by atoms with Crippen molar-refractivity contribution in [3.05, 3.63) is 40.1 Å². The molecule has 0 aliphatic rings. The van der Waals surface area contributed by atoms with Crippen LogP contribution >= 0.6 is 11.3 Å². The molecule has 2 rings (SSSR count). The summed E-state index contributed by atoms with van der Waals surface area (Å²) in [4.78, 5) is 0.575. The van der Waals surface area contributed by atoms with Crippen LogP contribution in [0.5, 0.6) is 5.75 Å². The predicted molar refractivity (Wildman–Crippen MR) is 78.8 cm³/mol. The molecule has 0 radical (unpaired) electrons. The topological polar surface area (TPSA) is 75.6 Å². The number of rotatable bonds is 5. The first kappa shape index (κ1) is 14.8. The molecular weight excluding hydrogens is 298 g/mol. The summed E-state index contributed by atoms with van der Waals surface area (Å²) in [6.07, 6.45) is 0. The maximum absolute atomic E-state index is 12.4. The first-order chi connectivity index (χ1) is 9.47. The number of aryl methyl sites for hydroxylation is 1. The minimum absolute atomic E-state index is 0.146. The number of sulfonamides is 1. The van der Waals surface area contributed by atoms with Crippen LogP contribution in [0.2, 0.25) is 0 Å². The summed E-state index contributed by atoms with van der Waals surface area (Å²) in [5, 5.41) is 11.0. The van der Waals surface area contributed by atoms with E-state index in [0.29, 0.717) is 21.9 Å². The lowest BCUT2D eigenvalue weighted by Crippen LogP contribution is -2.15. The highest BCUT2D eigenvalue weighted by Gasteiger charge is 2.22. The van der Waals surface area contributed by atoms with Crippen LogP contribution in [-0.2, 0) is 16.6 Å². The van der Waals surface area contributed by atoms with Crippen molar-refractivity contribution in [2.24, 2.45) is 0 Å². The lowest BCUT2D eigenvalue weighted by Gasteiger charge is -2.10. The molecule has 0 unspecified atom stereocenters. The Morgan fingerprint density at radius 3 is 2.80 bits per heavy atom. The number of benzene rings is 1. The minimum Gasteiger partial charge on any atom is -0.497 e. The van der Waals surface area contributed by atoms with Crippen molar-refractivity contribution in [3.63, 3.8) is 0 Å². The molecule has 0 aliphatic heterocycles. The molecule has 1 aromatic carbocycles.